The second-order valence-corrected chi connectivity index (χ2v) is 6.73. The number of amides is 1. The highest BCUT2D eigenvalue weighted by Gasteiger charge is 2.30. The highest BCUT2D eigenvalue weighted by atomic mass is 19.4. The third kappa shape index (κ3) is 3.49. The second-order valence-electron chi connectivity index (χ2n) is 6.73. The lowest BCUT2D eigenvalue weighted by atomic mass is 10.1. The Balaban J connectivity index is 1.71. The van der Waals surface area contributed by atoms with Gasteiger partial charge in [0.2, 0.25) is 0 Å². The number of rotatable bonds is 3. The zero-order valence-electron chi connectivity index (χ0n) is 16.0. The van der Waals surface area contributed by atoms with Crippen molar-refractivity contribution in [2.24, 2.45) is 0 Å². The fourth-order valence-corrected chi connectivity index (χ4v) is 3.23. The van der Waals surface area contributed by atoms with Crippen LogP contribution in [-0.2, 0) is 6.18 Å². The van der Waals surface area contributed by atoms with Crippen molar-refractivity contribution in [2.45, 2.75) is 20.0 Å². The molecule has 4 rings (SSSR count). The minimum Gasteiger partial charge on any atom is -0.321 e. The van der Waals surface area contributed by atoms with Gasteiger partial charge in [-0.25, -0.2) is 4.52 Å². The number of alkyl halides is 3. The molecule has 0 aliphatic carbocycles. The number of halogens is 3. The molecule has 152 valence electrons. The number of nitrogens with one attached hydrogen (secondary N) is 1. The standard InChI is InChI=1S/C21H16F3N5O/c1-12-17(14-7-4-3-5-8-14)19-27-26-18(13(2)29(19)28-12)20(30)25-16-10-6-9-15(11-16)21(22,23)24/h3-11H,1-2H3,(H,25,30). The van der Waals surface area contributed by atoms with Crippen molar-refractivity contribution in [2.75, 3.05) is 5.32 Å². The summed E-state index contributed by atoms with van der Waals surface area (Å²) in [5.41, 5.74) is 2.49. The SMILES string of the molecule is Cc1nn2c(C)c(C(=O)Nc3cccc(C(F)(F)F)c3)nnc2c1-c1ccccc1. The second kappa shape index (κ2) is 7.25. The highest BCUT2D eigenvalue weighted by Crippen LogP contribution is 2.31. The van der Waals surface area contributed by atoms with Gasteiger partial charge in [-0.1, -0.05) is 36.4 Å². The summed E-state index contributed by atoms with van der Waals surface area (Å²) in [4.78, 5) is 12.7. The molecule has 0 fully saturated rings. The van der Waals surface area contributed by atoms with Crippen LogP contribution in [-0.4, -0.2) is 25.7 Å². The average molecular weight is 411 g/mol. The van der Waals surface area contributed by atoms with E-state index >= 15 is 0 Å². The van der Waals surface area contributed by atoms with Crippen LogP contribution in [0.5, 0.6) is 0 Å². The number of hydrogen-bond acceptors (Lipinski definition) is 4. The first kappa shape index (κ1) is 19.6. The number of anilines is 1. The van der Waals surface area contributed by atoms with E-state index in [2.05, 4.69) is 20.6 Å². The summed E-state index contributed by atoms with van der Waals surface area (Å²) >= 11 is 0. The smallest absolute Gasteiger partial charge is 0.321 e. The van der Waals surface area contributed by atoms with Gasteiger partial charge in [0.15, 0.2) is 11.3 Å². The fourth-order valence-electron chi connectivity index (χ4n) is 3.23. The summed E-state index contributed by atoms with van der Waals surface area (Å²) in [5.74, 6) is -0.671. The molecule has 2 aromatic heterocycles. The Hall–Kier alpha value is -3.75. The Morgan fingerprint density at radius 1 is 1.00 bits per heavy atom. The van der Waals surface area contributed by atoms with E-state index in [9.17, 15) is 18.0 Å². The summed E-state index contributed by atoms with van der Waals surface area (Å²) in [7, 11) is 0. The van der Waals surface area contributed by atoms with E-state index in [4.69, 9.17) is 0 Å². The molecule has 1 amide bonds. The average Bonchev–Trinajstić information content (AvgIpc) is 3.05. The largest absolute Gasteiger partial charge is 0.416 e. The lowest BCUT2D eigenvalue weighted by Crippen LogP contribution is -2.19. The lowest BCUT2D eigenvalue weighted by Gasteiger charge is -2.10. The molecular weight excluding hydrogens is 395 g/mol. The van der Waals surface area contributed by atoms with Gasteiger partial charge in [-0.3, -0.25) is 4.79 Å². The first-order chi connectivity index (χ1) is 14.3. The van der Waals surface area contributed by atoms with E-state index in [1.54, 1.807) is 6.92 Å². The first-order valence-corrected chi connectivity index (χ1v) is 9.02. The number of benzene rings is 2. The molecule has 0 spiro atoms. The first-order valence-electron chi connectivity index (χ1n) is 9.02. The van der Waals surface area contributed by atoms with Crippen molar-refractivity contribution in [3.05, 3.63) is 77.2 Å². The van der Waals surface area contributed by atoms with E-state index in [0.29, 0.717) is 17.0 Å². The van der Waals surface area contributed by atoms with Gasteiger partial charge in [0.1, 0.15) is 0 Å². The van der Waals surface area contributed by atoms with Crippen LogP contribution < -0.4 is 5.32 Å². The molecule has 6 nitrogen and oxygen atoms in total. The quantitative estimate of drug-likeness (QED) is 0.531. The number of carbonyl (C=O) groups excluding carboxylic acids is 1. The van der Waals surface area contributed by atoms with Gasteiger partial charge in [0.25, 0.3) is 5.91 Å². The maximum Gasteiger partial charge on any atom is 0.416 e. The Kier molecular flexibility index (Phi) is 4.73. The summed E-state index contributed by atoms with van der Waals surface area (Å²) in [6.07, 6.45) is -4.50. The van der Waals surface area contributed by atoms with Crippen LogP contribution in [0.25, 0.3) is 16.8 Å². The monoisotopic (exact) mass is 411 g/mol. The van der Waals surface area contributed by atoms with Crippen LogP contribution in [0.15, 0.2) is 54.6 Å². The number of aryl methyl sites for hydroxylation is 2. The van der Waals surface area contributed by atoms with Gasteiger partial charge >= 0.3 is 6.18 Å². The van der Waals surface area contributed by atoms with Crippen molar-refractivity contribution < 1.29 is 18.0 Å². The van der Waals surface area contributed by atoms with E-state index in [0.717, 1.165) is 23.3 Å². The molecule has 30 heavy (non-hydrogen) atoms. The van der Waals surface area contributed by atoms with Gasteiger partial charge in [-0.15, -0.1) is 10.2 Å². The molecule has 9 heteroatoms. The van der Waals surface area contributed by atoms with Crippen LogP contribution >= 0.6 is 0 Å². The third-order valence-corrected chi connectivity index (χ3v) is 4.67. The number of aromatic nitrogens is 4. The van der Waals surface area contributed by atoms with Crippen LogP contribution in [0.2, 0.25) is 0 Å². The molecule has 2 heterocycles. The predicted molar refractivity (Wildman–Crippen MR) is 105 cm³/mol. The molecule has 0 unspecified atom stereocenters. The summed E-state index contributed by atoms with van der Waals surface area (Å²) in [6.45, 7) is 3.49. The molecule has 0 atom stereocenters. The van der Waals surface area contributed by atoms with Crippen molar-refractivity contribution >= 4 is 17.2 Å². The molecule has 0 aliphatic rings. The summed E-state index contributed by atoms with van der Waals surface area (Å²) in [6, 6.07) is 13.9. The van der Waals surface area contributed by atoms with Crippen LogP contribution in [0, 0.1) is 13.8 Å². The molecule has 0 aliphatic heterocycles. The van der Waals surface area contributed by atoms with Crippen LogP contribution in [0.4, 0.5) is 18.9 Å². The van der Waals surface area contributed by atoms with E-state index in [1.807, 2.05) is 37.3 Å². The molecule has 0 radical (unpaired) electrons. The van der Waals surface area contributed by atoms with Gasteiger partial charge in [-0.05, 0) is 37.6 Å². The van der Waals surface area contributed by atoms with Crippen LogP contribution in [0.1, 0.15) is 27.4 Å². The number of nitrogens with zero attached hydrogens (tertiary/aromatic N) is 4. The lowest BCUT2D eigenvalue weighted by molar-refractivity contribution is -0.137. The zero-order valence-corrected chi connectivity index (χ0v) is 16.0. The normalized spacial score (nSPS) is 11.6. The minimum absolute atomic E-state index is 0.0118. The van der Waals surface area contributed by atoms with E-state index in [1.165, 1.54) is 16.6 Å². The van der Waals surface area contributed by atoms with Crippen molar-refractivity contribution in [1.29, 1.82) is 0 Å². The number of carbonyl (C=O) groups is 1. The van der Waals surface area contributed by atoms with Gasteiger partial charge in [0.05, 0.1) is 22.5 Å². The molecule has 0 saturated heterocycles. The molecule has 1 N–H and O–H groups in total. The maximum atomic E-state index is 12.9. The van der Waals surface area contributed by atoms with E-state index in [-0.39, 0.29) is 11.4 Å². The minimum atomic E-state index is -4.50. The Morgan fingerprint density at radius 3 is 2.43 bits per heavy atom. The topological polar surface area (TPSA) is 72.2 Å². The Bertz CT molecular complexity index is 1250. The van der Waals surface area contributed by atoms with Crippen molar-refractivity contribution in [1.82, 2.24) is 19.8 Å². The van der Waals surface area contributed by atoms with Gasteiger partial charge in [0, 0.05) is 5.69 Å². The summed E-state index contributed by atoms with van der Waals surface area (Å²) < 4.78 is 40.2. The third-order valence-electron chi connectivity index (χ3n) is 4.67. The Labute approximate surface area is 169 Å². The Morgan fingerprint density at radius 2 is 1.73 bits per heavy atom. The molecule has 0 saturated carbocycles. The fraction of sp³-hybridized carbons (Fsp3) is 0.143. The molecule has 2 aromatic carbocycles. The molecular formula is C21H16F3N5O. The van der Waals surface area contributed by atoms with Crippen molar-refractivity contribution in [3.8, 4) is 11.1 Å². The summed E-state index contributed by atoms with van der Waals surface area (Å²) in [5, 5.41) is 15.1. The number of hydrogen-bond donors (Lipinski definition) is 1. The van der Waals surface area contributed by atoms with Crippen LogP contribution in [0.3, 0.4) is 0 Å². The van der Waals surface area contributed by atoms with E-state index < -0.39 is 17.6 Å². The number of fused-ring (bicyclic) bond motifs is 1. The zero-order chi connectivity index (χ0) is 21.5. The predicted octanol–water partition coefficient (Wildman–Crippen LogP) is 4.68. The van der Waals surface area contributed by atoms with Gasteiger partial charge < -0.3 is 5.32 Å². The van der Waals surface area contributed by atoms with Crippen molar-refractivity contribution in [3.63, 3.8) is 0 Å². The molecule has 0 bridgehead atoms. The maximum absolute atomic E-state index is 12.9. The van der Waals surface area contributed by atoms with Gasteiger partial charge in [-0.2, -0.15) is 18.3 Å². The molecule has 4 aromatic rings. The highest BCUT2D eigenvalue weighted by molar-refractivity contribution is 6.03.